The summed E-state index contributed by atoms with van der Waals surface area (Å²) < 4.78 is 7.38. The maximum absolute atomic E-state index is 13.3. The topological polar surface area (TPSA) is 75.0 Å². The van der Waals surface area contributed by atoms with Crippen molar-refractivity contribution >= 4 is 39.4 Å². The van der Waals surface area contributed by atoms with E-state index in [1.54, 1.807) is 0 Å². The Bertz CT molecular complexity index is 1390. The maximum atomic E-state index is 13.3. The highest BCUT2D eigenvalue weighted by Gasteiger charge is 2.34. The zero-order valence-electron chi connectivity index (χ0n) is 19.8. The van der Waals surface area contributed by atoms with Gasteiger partial charge in [-0.2, -0.15) is 0 Å². The molecule has 5 heterocycles. The van der Waals surface area contributed by atoms with E-state index in [4.69, 9.17) is 14.7 Å². The first-order valence-electron chi connectivity index (χ1n) is 12.0. The molecule has 2 fully saturated rings. The third-order valence-electron chi connectivity index (χ3n) is 7.07. The standard InChI is InChI=1S/C26H30N6O2/c1-26(16-34-17-26)15-27-25(33)19-14-18-8-9-22(31-11-5-10-30(2)12-13-31)29-23(18)32-21-7-4-3-6-20(21)28-24(19)32/h3-4,6-9,14H,5,10-13,15-17H2,1-2H3,(H,27,33). The second kappa shape index (κ2) is 8.21. The number of likely N-dealkylation sites (N-methyl/N-ethyl adjacent to an activating group) is 1. The Kier molecular flexibility index (Phi) is 5.15. The Morgan fingerprint density at radius 3 is 2.74 bits per heavy atom. The third-order valence-corrected chi connectivity index (χ3v) is 7.07. The van der Waals surface area contributed by atoms with Crippen molar-refractivity contribution < 1.29 is 9.53 Å². The van der Waals surface area contributed by atoms with Gasteiger partial charge in [-0.1, -0.05) is 19.1 Å². The molecule has 2 saturated heterocycles. The monoisotopic (exact) mass is 458 g/mol. The van der Waals surface area contributed by atoms with Crippen molar-refractivity contribution in [1.82, 2.24) is 24.6 Å². The molecule has 2 aliphatic rings. The minimum atomic E-state index is -0.116. The normalized spacial score (nSPS) is 18.8. The van der Waals surface area contributed by atoms with Crippen LogP contribution in [0.4, 0.5) is 5.82 Å². The highest BCUT2D eigenvalue weighted by atomic mass is 16.5. The number of anilines is 1. The van der Waals surface area contributed by atoms with Crippen molar-refractivity contribution in [2.45, 2.75) is 13.3 Å². The predicted octanol–water partition coefficient (Wildman–Crippen LogP) is 2.94. The van der Waals surface area contributed by atoms with Crippen LogP contribution in [0.3, 0.4) is 0 Å². The number of pyridine rings is 2. The second-order valence-electron chi connectivity index (χ2n) is 10.0. The number of nitrogens with zero attached hydrogens (tertiary/aromatic N) is 5. The van der Waals surface area contributed by atoms with Gasteiger partial charge in [0.1, 0.15) is 11.5 Å². The van der Waals surface area contributed by atoms with Crippen LogP contribution < -0.4 is 10.2 Å². The lowest BCUT2D eigenvalue weighted by atomic mass is 9.88. The van der Waals surface area contributed by atoms with Crippen LogP contribution in [0.25, 0.3) is 27.7 Å². The van der Waals surface area contributed by atoms with Crippen LogP contribution in [0, 0.1) is 5.41 Å². The summed E-state index contributed by atoms with van der Waals surface area (Å²) in [6.45, 7) is 8.11. The SMILES string of the molecule is CN1CCCN(c2ccc3cc(C(=O)NCC4(C)COC4)c4nc5ccccc5n4c3n2)CC1. The van der Waals surface area contributed by atoms with Crippen molar-refractivity contribution in [1.29, 1.82) is 0 Å². The first-order valence-corrected chi connectivity index (χ1v) is 12.0. The second-order valence-corrected chi connectivity index (χ2v) is 10.0. The first kappa shape index (κ1) is 21.3. The fourth-order valence-electron chi connectivity index (χ4n) is 4.94. The number of para-hydroxylation sites is 2. The number of rotatable bonds is 4. The summed E-state index contributed by atoms with van der Waals surface area (Å²) in [6, 6.07) is 14.1. The van der Waals surface area contributed by atoms with Gasteiger partial charge in [0.15, 0.2) is 5.65 Å². The number of aromatic nitrogens is 3. The number of ether oxygens (including phenoxy) is 1. The van der Waals surface area contributed by atoms with Gasteiger partial charge >= 0.3 is 0 Å². The molecule has 176 valence electrons. The van der Waals surface area contributed by atoms with E-state index in [2.05, 4.69) is 41.2 Å². The molecule has 1 aromatic carbocycles. The van der Waals surface area contributed by atoms with Crippen LogP contribution in [0.15, 0.2) is 42.5 Å². The van der Waals surface area contributed by atoms with Gasteiger partial charge < -0.3 is 19.9 Å². The average molecular weight is 459 g/mol. The molecule has 34 heavy (non-hydrogen) atoms. The summed E-state index contributed by atoms with van der Waals surface area (Å²) in [7, 11) is 2.17. The lowest BCUT2D eigenvalue weighted by Crippen LogP contribution is -2.48. The van der Waals surface area contributed by atoms with Crippen LogP contribution >= 0.6 is 0 Å². The molecule has 0 radical (unpaired) electrons. The van der Waals surface area contributed by atoms with Crippen LogP contribution in [0.5, 0.6) is 0 Å². The molecule has 6 rings (SSSR count). The van der Waals surface area contributed by atoms with Gasteiger partial charge in [-0.05, 0) is 50.3 Å². The first-order chi connectivity index (χ1) is 16.5. The summed E-state index contributed by atoms with van der Waals surface area (Å²) in [4.78, 5) is 28.0. The number of hydrogen-bond donors (Lipinski definition) is 1. The molecular weight excluding hydrogens is 428 g/mol. The molecule has 0 spiro atoms. The van der Waals surface area contributed by atoms with E-state index in [-0.39, 0.29) is 11.3 Å². The summed E-state index contributed by atoms with van der Waals surface area (Å²) in [5.41, 5.74) is 3.85. The molecule has 0 saturated carbocycles. The molecule has 8 heteroatoms. The van der Waals surface area contributed by atoms with Gasteiger partial charge in [0, 0.05) is 37.0 Å². The molecule has 8 nitrogen and oxygen atoms in total. The van der Waals surface area contributed by atoms with Gasteiger partial charge in [0.2, 0.25) is 0 Å². The van der Waals surface area contributed by atoms with Gasteiger partial charge in [0.05, 0.1) is 29.8 Å². The summed E-state index contributed by atoms with van der Waals surface area (Å²) in [5.74, 6) is 0.854. The Morgan fingerprint density at radius 1 is 1.06 bits per heavy atom. The van der Waals surface area contributed by atoms with Gasteiger partial charge in [-0.25, -0.2) is 9.97 Å². The molecule has 1 N–H and O–H groups in total. The lowest BCUT2D eigenvalue weighted by molar-refractivity contribution is -0.0978. The van der Waals surface area contributed by atoms with Crippen LogP contribution in [0.1, 0.15) is 23.7 Å². The number of nitrogens with one attached hydrogen (secondary N) is 1. The van der Waals surface area contributed by atoms with Gasteiger partial charge in [0.25, 0.3) is 5.91 Å². The highest BCUT2D eigenvalue weighted by molar-refractivity contribution is 6.05. The largest absolute Gasteiger partial charge is 0.380 e. The third kappa shape index (κ3) is 3.67. The molecular formula is C26H30N6O2. The van der Waals surface area contributed by atoms with E-state index in [0.29, 0.717) is 31.0 Å². The predicted molar refractivity (Wildman–Crippen MR) is 134 cm³/mol. The van der Waals surface area contributed by atoms with Crippen molar-refractivity contribution in [2.24, 2.45) is 5.41 Å². The van der Waals surface area contributed by atoms with Crippen molar-refractivity contribution in [3.05, 3.63) is 48.0 Å². The van der Waals surface area contributed by atoms with Crippen molar-refractivity contribution in [3.63, 3.8) is 0 Å². The summed E-state index contributed by atoms with van der Waals surface area (Å²) >= 11 is 0. The fraction of sp³-hybridized carbons (Fsp3) is 0.423. The minimum absolute atomic E-state index is 0.000608. The molecule has 0 aliphatic carbocycles. The van der Waals surface area contributed by atoms with E-state index in [1.807, 2.05) is 34.7 Å². The van der Waals surface area contributed by atoms with Crippen LogP contribution in [-0.2, 0) is 4.74 Å². The van der Waals surface area contributed by atoms with Crippen molar-refractivity contribution in [3.8, 4) is 0 Å². The number of carbonyl (C=O) groups is 1. The molecule has 2 aliphatic heterocycles. The fourth-order valence-corrected chi connectivity index (χ4v) is 4.94. The summed E-state index contributed by atoms with van der Waals surface area (Å²) in [6.07, 6.45) is 1.11. The number of amides is 1. The molecule has 0 unspecified atom stereocenters. The quantitative estimate of drug-likeness (QED) is 0.507. The lowest BCUT2D eigenvalue weighted by Gasteiger charge is -2.38. The van der Waals surface area contributed by atoms with Crippen molar-refractivity contribution in [2.75, 3.05) is 57.9 Å². The molecule has 0 bridgehead atoms. The van der Waals surface area contributed by atoms with Gasteiger partial charge in [-0.3, -0.25) is 9.20 Å². The van der Waals surface area contributed by atoms with Gasteiger partial charge in [-0.15, -0.1) is 0 Å². The Balaban J connectivity index is 1.47. The highest BCUT2D eigenvalue weighted by Crippen LogP contribution is 2.29. The van der Waals surface area contributed by atoms with E-state index >= 15 is 0 Å². The minimum Gasteiger partial charge on any atom is -0.380 e. The Hall–Kier alpha value is -3.23. The number of carbonyl (C=O) groups excluding carboxylic acids is 1. The molecule has 3 aromatic heterocycles. The van der Waals surface area contributed by atoms with E-state index in [9.17, 15) is 4.79 Å². The van der Waals surface area contributed by atoms with E-state index < -0.39 is 0 Å². The van der Waals surface area contributed by atoms with Crippen LogP contribution in [0.2, 0.25) is 0 Å². The van der Waals surface area contributed by atoms with E-state index in [1.165, 1.54) is 0 Å². The summed E-state index contributed by atoms with van der Waals surface area (Å²) in [5, 5.41) is 4.04. The number of hydrogen-bond acceptors (Lipinski definition) is 6. The number of fused-ring (bicyclic) bond motifs is 5. The Morgan fingerprint density at radius 2 is 1.91 bits per heavy atom. The number of benzene rings is 1. The molecule has 1 amide bonds. The van der Waals surface area contributed by atoms with Crippen LogP contribution in [-0.4, -0.2) is 78.2 Å². The molecule has 4 aromatic rings. The average Bonchev–Trinajstić information content (AvgIpc) is 3.09. The van der Waals surface area contributed by atoms with E-state index in [0.717, 1.165) is 60.5 Å². The zero-order chi connectivity index (χ0) is 23.3. The molecule has 0 atom stereocenters. The smallest absolute Gasteiger partial charge is 0.255 e. The Labute approximate surface area is 198 Å². The maximum Gasteiger partial charge on any atom is 0.255 e. The zero-order valence-corrected chi connectivity index (χ0v) is 19.8. The number of imidazole rings is 1.